The number of aromatic hydroxyl groups is 2. The third-order valence-electron chi connectivity index (χ3n) is 3.28. The van der Waals surface area contributed by atoms with E-state index in [4.69, 9.17) is 4.42 Å². The largest absolute Gasteiger partial charge is 0.508 e. The lowest BCUT2D eigenvalue weighted by Gasteiger charge is -2.03. The Morgan fingerprint density at radius 3 is 2.45 bits per heavy atom. The molecule has 2 N–H and O–H groups in total. The van der Waals surface area contributed by atoms with Gasteiger partial charge in [0, 0.05) is 17.0 Å². The highest BCUT2D eigenvalue weighted by atomic mass is 16.3. The maximum absolute atomic E-state index is 11.4. The van der Waals surface area contributed by atoms with E-state index in [2.05, 4.69) is 0 Å². The van der Waals surface area contributed by atoms with Gasteiger partial charge in [-0.1, -0.05) is 0 Å². The fourth-order valence-corrected chi connectivity index (χ4v) is 2.32. The maximum Gasteiger partial charge on any atom is 0.154 e. The van der Waals surface area contributed by atoms with Crippen LogP contribution in [0.4, 0.5) is 0 Å². The highest BCUT2D eigenvalue weighted by Gasteiger charge is 2.17. The number of furan rings is 1. The average Bonchev–Trinajstić information content (AvgIpc) is 2.75. The van der Waals surface area contributed by atoms with E-state index in [0.29, 0.717) is 22.3 Å². The molecular weight excluding hydrogens is 256 g/mol. The number of carbonyl (C=O) groups excluding carboxylic acids is 1. The predicted octanol–water partition coefficient (Wildman–Crippen LogP) is 3.63. The quantitative estimate of drug-likeness (QED) is 0.696. The molecule has 0 saturated heterocycles. The second-order valence-electron chi connectivity index (χ2n) is 4.64. The lowest BCUT2D eigenvalue weighted by atomic mass is 10.0. The summed E-state index contributed by atoms with van der Waals surface area (Å²) in [5, 5.41) is 19.6. The smallest absolute Gasteiger partial charge is 0.154 e. The zero-order valence-corrected chi connectivity index (χ0v) is 10.8. The zero-order chi connectivity index (χ0) is 14.3. The number of rotatable bonds is 2. The lowest BCUT2D eigenvalue weighted by Crippen LogP contribution is -1.86. The standard InChI is InChI=1S/C16H12O4/c1-9-6-10(18)2-4-12(9)16-14(8-17)13-5-3-11(19)7-15(13)20-16/h2-8,18-19H,1H3. The third kappa shape index (κ3) is 1.82. The second-order valence-corrected chi connectivity index (χ2v) is 4.64. The molecule has 4 heteroatoms. The number of aldehydes is 1. The number of carbonyl (C=O) groups is 1. The Bertz CT molecular complexity index is 815. The molecule has 0 spiro atoms. The van der Waals surface area contributed by atoms with Crippen LogP contribution >= 0.6 is 0 Å². The van der Waals surface area contributed by atoms with Crippen molar-refractivity contribution in [2.75, 3.05) is 0 Å². The van der Waals surface area contributed by atoms with Crippen molar-refractivity contribution in [1.82, 2.24) is 0 Å². The molecule has 4 nitrogen and oxygen atoms in total. The highest BCUT2D eigenvalue weighted by molar-refractivity contribution is 6.03. The molecule has 100 valence electrons. The molecule has 0 fully saturated rings. The molecule has 0 unspecified atom stereocenters. The lowest BCUT2D eigenvalue weighted by molar-refractivity contribution is 0.112. The number of aryl methyl sites for hydroxylation is 1. The van der Waals surface area contributed by atoms with E-state index < -0.39 is 0 Å². The molecule has 1 aromatic heterocycles. The molecule has 0 atom stereocenters. The average molecular weight is 268 g/mol. The first-order valence-corrected chi connectivity index (χ1v) is 6.11. The summed E-state index contributed by atoms with van der Waals surface area (Å²) in [4.78, 5) is 11.4. The van der Waals surface area contributed by atoms with Gasteiger partial charge in [0.25, 0.3) is 0 Å². The van der Waals surface area contributed by atoms with E-state index in [-0.39, 0.29) is 11.5 Å². The molecule has 3 aromatic rings. The third-order valence-corrected chi connectivity index (χ3v) is 3.28. The topological polar surface area (TPSA) is 70.7 Å². The summed E-state index contributed by atoms with van der Waals surface area (Å²) in [6, 6.07) is 9.49. The van der Waals surface area contributed by atoms with Crippen molar-refractivity contribution in [3.8, 4) is 22.8 Å². The van der Waals surface area contributed by atoms with Gasteiger partial charge in [-0.25, -0.2) is 0 Å². The molecule has 0 radical (unpaired) electrons. The van der Waals surface area contributed by atoms with Gasteiger partial charge in [0.05, 0.1) is 5.56 Å². The normalized spacial score (nSPS) is 10.8. The number of phenols is 2. The minimum Gasteiger partial charge on any atom is -0.508 e. The van der Waals surface area contributed by atoms with Gasteiger partial charge in [-0.2, -0.15) is 0 Å². The Kier molecular flexibility index (Phi) is 2.71. The monoisotopic (exact) mass is 268 g/mol. The van der Waals surface area contributed by atoms with Gasteiger partial charge in [0.2, 0.25) is 0 Å². The maximum atomic E-state index is 11.4. The number of phenolic OH excluding ortho intramolecular Hbond substituents is 2. The Hall–Kier alpha value is -2.75. The molecule has 1 heterocycles. The summed E-state index contributed by atoms with van der Waals surface area (Å²) in [6.45, 7) is 1.83. The Morgan fingerprint density at radius 1 is 1.05 bits per heavy atom. The minimum atomic E-state index is 0.0812. The van der Waals surface area contributed by atoms with Crippen LogP contribution in [0.3, 0.4) is 0 Å². The molecular formula is C16H12O4. The SMILES string of the molecule is Cc1cc(O)ccc1-c1oc2cc(O)ccc2c1C=O. The summed E-state index contributed by atoms with van der Waals surface area (Å²) >= 11 is 0. The van der Waals surface area contributed by atoms with E-state index >= 15 is 0 Å². The van der Waals surface area contributed by atoms with Crippen molar-refractivity contribution in [3.63, 3.8) is 0 Å². The molecule has 2 aromatic carbocycles. The Labute approximate surface area is 114 Å². The summed E-state index contributed by atoms with van der Waals surface area (Å²) in [6.07, 6.45) is 0.741. The van der Waals surface area contributed by atoms with E-state index in [9.17, 15) is 15.0 Å². The van der Waals surface area contributed by atoms with Gasteiger partial charge in [-0.3, -0.25) is 4.79 Å². The molecule has 0 bridgehead atoms. The first-order valence-electron chi connectivity index (χ1n) is 6.11. The van der Waals surface area contributed by atoms with Crippen LogP contribution in [0, 0.1) is 6.92 Å². The molecule has 0 saturated carbocycles. The van der Waals surface area contributed by atoms with Crippen LogP contribution in [-0.4, -0.2) is 16.5 Å². The number of benzene rings is 2. The van der Waals surface area contributed by atoms with E-state index in [1.807, 2.05) is 6.92 Å². The molecule has 0 aliphatic carbocycles. The molecule has 20 heavy (non-hydrogen) atoms. The second kappa shape index (κ2) is 4.42. The Morgan fingerprint density at radius 2 is 1.75 bits per heavy atom. The van der Waals surface area contributed by atoms with Gasteiger partial charge < -0.3 is 14.6 Å². The minimum absolute atomic E-state index is 0.0812. The van der Waals surface area contributed by atoms with Crippen molar-refractivity contribution in [3.05, 3.63) is 47.5 Å². The van der Waals surface area contributed by atoms with Gasteiger partial charge in [0.15, 0.2) is 6.29 Å². The van der Waals surface area contributed by atoms with Crippen LogP contribution in [0.15, 0.2) is 40.8 Å². The summed E-state index contributed by atoms with van der Waals surface area (Å²) in [5.41, 5.74) is 2.43. The summed E-state index contributed by atoms with van der Waals surface area (Å²) in [5.74, 6) is 0.684. The van der Waals surface area contributed by atoms with Crippen molar-refractivity contribution >= 4 is 17.3 Å². The zero-order valence-electron chi connectivity index (χ0n) is 10.8. The first-order chi connectivity index (χ1) is 9.60. The van der Waals surface area contributed by atoms with Crippen LogP contribution < -0.4 is 0 Å². The van der Waals surface area contributed by atoms with Gasteiger partial charge in [0.1, 0.15) is 22.8 Å². The van der Waals surface area contributed by atoms with Crippen molar-refractivity contribution < 1.29 is 19.4 Å². The highest BCUT2D eigenvalue weighted by Crippen LogP contribution is 2.36. The summed E-state index contributed by atoms with van der Waals surface area (Å²) < 4.78 is 5.70. The van der Waals surface area contributed by atoms with Crippen molar-refractivity contribution in [1.29, 1.82) is 0 Å². The molecule has 0 aliphatic rings. The van der Waals surface area contributed by atoms with Crippen molar-refractivity contribution in [2.45, 2.75) is 6.92 Å². The van der Waals surface area contributed by atoms with E-state index in [0.717, 1.165) is 17.4 Å². The number of hydrogen-bond donors (Lipinski definition) is 2. The van der Waals surface area contributed by atoms with Crippen LogP contribution in [0.25, 0.3) is 22.3 Å². The predicted molar refractivity (Wildman–Crippen MR) is 75.1 cm³/mol. The summed E-state index contributed by atoms with van der Waals surface area (Å²) in [7, 11) is 0. The molecule has 0 amide bonds. The number of fused-ring (bicyclic) bond motifs is 1. The number of hydrogen-bond acceptors (Lipinski definition) is 4. The van der Waals surface area contributed by atoms with Gasteiger partial charge in [-0.15, -0.1) is 0 Å². The molecule has 3 rings (SSSR count). The fourth-order valence-electron chi connectivity index (χ4n) is 2.32. The van der Waals surface area contributed by atoms with Crippen molar-refractivity contribution in [2.24, 2.45) is 0 Å². The Balaban J connectivity index is 2.32. The van der Waals surface area contributed by atoms with Gasteiger partial charge >= 0.3 is 0 Å². The first kappa shape index (κ1) is 12.3. The van der Waals surface area contributed by atoms with Crippen LogP contribution in [0.5, 0.6) is 11.5 Å². The van der Waals surface area contributed by atoms with Crippen LogP contribution in [0.1, 0.15) is 15.9 Å². The van der Waals surface area contributed by atoms with E-state index in [1.165, 1.54) is 12.1 Å². The van der Waals surface area contributed by atoms with Crippen LogP contribution in [0.2, 0.25) is 0 Å². The van der Waals surface area contributed by atoms with Gasteiger partial charge in [-0.05, 0) is 42.8 Å². The molecule has 0 aliphatic heterocycles. The fraction of sp³-hybridized carbons (Fsp3) is 0.0625. The van der Waals surface area contributed by atoms with Crippen LogP contribution in [-0.2, 0) is 0 Å². The van der Waals surface area contributed by atoms with E-state index in [1.54, 1.807) is 24.3 Å².